The summed E-state index contributed by atoms with van der Waals surface area (Å²) in [6.45, 7) is 6.89. The predicted molar refractivity (Wildman–Crippen MR) is 158 cm³/mol. The van der Waals surface area contributed by atoms with E-state index in [1.807, 2.05) is 0 Å². The van der Waals surface area contributed by atoms with Crippen molar-refractivity contribution in [3.05, 3.63) is 46.9 Å². The van der Waals surface area contributed by atoms with E-state index in [4.69, 9.17) is 0 Å². The van der Waals surface area contributed by atoms with E-state index >= 15 is 0 Å². The number of ketones is 1. The molecule has 4 atom stereocenters. The van der Waals surface area contributed by atoms with Gasteiger partial charge >= 0.3 is 0 Å². The molecule has 13 nitrogen and oxygen atoms in total. The highest BCUT2D eigenvalue weighted by Gasteiger charge is 2.53. The Morgan fingerprint density at radius 2 is 1.91 bits per heavy atom. The van der Waals surface area contributed by atoms with E-state index in [9.17, 15) is 28.8 Å². The van der Waals surface area contributed by atoms with Crippen molar-refractivity contribution in [2.24, 2.45) is 30.2 Å². The lowest BCUT2D eigenvalue weighted by molar-refractivity contribution is -0.138. The first-order valence-corrected chi connectivity index (χ1v) is 14.8. The lowest BCUT2D eigenvalue weighted by atomic mass is 9.45. The highest BCUT2D eigenvalue weighted by atomic mass is 16.2. The van der Waals surface area contributed by atoms with Gasteiger partial charge in [-0.3, -0.25) is 28.8 Å². The van der Waals surface area contributed by atoms with Crippen LogP contribution in [0.1, 0.15) is 63.4 Å². The zero-order valence-corrected chi connectivity index (χ0v) is 25.1. The first-order valence-electron chi connectivity index (χ1n) is 14.8. The first-order chi connectivity index (χ1) is 20.4. The van der Waals surface area contributed by atoms with Gasteiger partial charge in [-0.1, -0.05) is 13.8 Å². The average molecular weight is 596 g/mol. The number of carbonyl (C=O) groups is 5. The molecule has 2 aromatic rings. The Labute approximate surface area is 250 Å². The van der Waals surface area contributed by atoms with Gasteiger partial charge in [-0.25, -0.2) is 4.98 Å². The molecule has 3 saturated carbocycles. The smallest absolute Gasteiger partial charge is 0.287 e. The van der Waals surface area contributed by atoms with Crippen LogP contribution >= 0.6 is 0 Å². The van der Waals surface area contributed by atoms with E-state index in [1.54, 1.807) is 14.0 Å². The molecule has 2 aromatic heterocycles. The first kappa shape index (κ1) is 31.6. The number of aryl methyl sites for hydroxylation is 1. The third kappa shape index (κ3) is 7.20. The van der Waals surface area contributed by atoms with Crippen molar-refractivity contribution in [2.75, 3.05) is 18.4 Å². The summed E-state index contributed by atoms with van der Waals surface area (Å²) in [6.07, 6.45) is 7.18. The lowest BCUT2D eigenvalue weighted by Gasteiger charge is -2.60. The fraction of sp³-hybridized carbons (Fsp3) is 0.567. The standard InChI is InChI=1S/C30H41N7O6/c1-5-32-28(42)24(38)11-10-21(34-27(41)23-15-31-17-36(23)4)26(40)35-22-7-6-12-37(29(22)43)16-25(39)33-14-18-8-9-19-13-20(18)30(19,2)3/h6-7,12,15,17-21H,5,8-11,13-14,16H2,1-4H3,(H,32,42)(H,33,39)(H,34,41)(H,35,40)/t18-,19+,20+,21-/m0/s1. The third-order valence-corrected chi connectivity index (χ3v) is 9.08. The number of hydrogen-bond donors (Lipinski definition) is 4. The molecule has 232 valence electrons. The molecule has 3 aliphatic carbocycles. The van der Waals surface area contributed by atoms with Crippen molar-refractivity contribution in [1.82, 2.24) is 30.1 Å². The number of nitrogens with zero attached hydrogens (tertiary/aromatic N) is 3. The van der Waals surface area contributed by atoms with Gasteiger partial charge < -0.3 is 30.4 Å². The van der Waals surface area contributed by atoms with Crippen LogP contribution < -0.4 is 26.8 Å². The monoisotopic (exact) mass is 595 g/mol. The Balaban J connectivity index is 1.40. The van der Waals surface area contributed by atoms with Gasteiger partial charge in [-0.05, 0) is 67.9 Å². The third-order valence-electron chi connectivity index (χ3n) is 9.08. The Bertz CT molecular complexity index is 1440. The van der Waals surface area contributed by atoms with Crippen LogP contribution in [0, 0.1) is 23.2 Å². The number of imidazole rings is 1. The van der Waals surface area contributed by atoms with Crippen LogP contribution in [0.5, 0.6) is 0 Å². The lowest BCUT2D eigenvalue weighted by Crippen LogP contribution is -2.54. The molecule has 5 rings (SSSR count). The van der Waals surface area contributed by atoms with Gasteiger partial charge in [0.2, 0.25) is 17.6 Å². The number of pyridine rings is 1. The summed E-state index contributed by atoms with van der Waals surface area (Å²) in [7, 11) is 1.61. The molecular formula is C30H41N7O6. The Morgan fingerprint density at radius 1 is 1.14 bits per heavy atom. The summed E-state index contributed by atoms with van der Waals surface area (Å²) in [6, 6.07) is 1.68. The molecule has 3 aliphatic rings. The molecule has 0 saturated heterocycles. The Hall–Kier alpha value is -4.29. The predicted octanol–water partition coefficient (Wildman–Crippen LogP) is 0.993. The quantitative estimate of drug-likeness (QED) is 0.250. The molecule has 2 heterocycles. The topological polar surface area (TPSA) is 173 Å². The van der Waals surface area contributed by atoms with Crippen LogP contribution in [0.2, 0.25) is 0 Å². The second-order valence-corrected chi connectivity index (χ2v) is 12.1. The van der Waals surface area contributed by atoms with Crippen LogP contribution in [0.3, 0.4) is 0 Å². The molecule has 13 heteroatoms. The molecule has 4 amide bonds. The maximum Gasteiger partial charge on any atom is 0.287 e. The molecule has 3 fully saturated rings. The molecule has 0 radical (unpaired) electrons. The Kier molecular flexibility index (Phi) is 9.82. The second kappa shape index (κ2) is 13.3. The molecule has 0 spiro atoms. The summed E-state index contributed by atoms with van der Waals surface area (Å²) >= 11 is 0. The Morgan fingerprint density at radius 3 is 2.56 bits per heavy atom. The minimum atomic E-state index is -1.25. The number of aromatic nitrogens is 3. The van der Waals surface area contributed by atoms with E-state index in [1.165, 1.54) is 52.8 Å². The van der Waals surface area contributed by atoms with Crippen molar-refractivity contribution in [1.29, 1.82) is 0 Å². The maximum absolute atomic E-state index is 13.3. The maximum atomic E-state index is 13.3. The SMILES string of the molecule is CCNC(=O)C(=O)CC[C@H](NC(=O)c1cncn1C)C(=O)Nc1cccn(CC(=O)NC[C@@H]2CC[C@@H]3C[C@H]2C3(C)C)c1=O. The highest BCUT2D eigenvalue weighted by Crippen LogP contribution is 2.61. The second-order valence-electron chi connectivity index (χ2n) is 12.1. The van der Waals surface area contributed by atoms with Crippen molar-refractivity contribution in [3.63, 3.8) is 0 Å². The summed E-state index contributed by atoms with van der Waals surface area (Å²) in [4.78, 5) is 80.0. The number of Topliss-reactive ketones (excluding diaryl/α,β-unsaturated/α-hetero) is 1. The molecular weight excluding hydrogens is 554 g/mol. The minimum Gasteiger partial charge on any atom is -0.354 e. The van der Waals surface area contributed by atoms with Gasteiger partial charge in [-0.2, -0.15) is 0 Å². The van der Waals surface area contributed by atoms with Crippen molar-refractivity contribution >= 4 is 35.1 Å². The molecule has 0 unspecified atom stereocenters. The summed E-state index contributed by atoms with van der Waals surface area (Å²) in [5.41, 5.74) is -0.206. The van der Waals surface area contributed by atoms with Crippen LogP contribution in [0.4, 0.5) is 5.69 Å². The minimum absolute atomic E-state index is 0.0929. The number of fused-ring (bicyclic) bond motifs is 2. The van der Waals surface area contributed by atoms with Gasteiger partial charge in [0.25, 0.3) is 17.4 Å². The number of hydrogen-bond acceptors (Lipinski definition) is 7. The largest absolute Gasteiger partial charge is 0.354 e. The normalized spacial score (nSPS) is 20.7. The van der Waals surface area contributed by atoms with Gasteiger partial charge in [0.1, 0.15) is 24.0 Å². The zero-order chi connectivity index (χ0) is 31.3. The van der Waals surface area contributed by atoms with Gasteiger partial charge in [0, 0.05) is 32.8 Å². The zero-order valence-electron chi connectivity index (χ0n) is 25.1. The number of carbonyl (C=O) groups excluding carboxylic acids is 5. The molecule has 2 bridgehead atoms. The average Bonchev–Trinajstić information content (AvgIpc) is 3.41. The van der Waals surface area contributed by atoms with Crippen LogP contribution in [0.15, 0.2) is 35.6 Å². The number of anilines is 1. The van der Waals surface area contributed by atoms with Crippen molar-refractivity contribution in [2.45, 2.75) is 65.5 Å². The molecule has 43 heavy (non-hydrogen) atoms. The van der Waals surface area contributed by atoms with E-state index in [0.29, 0.717) is 23.8 Å². The van der Waals surface area contributed by atoms with Crippen LogP contribution in [-0.4, -0.2) is 62.7 Å². The summed E-state index contributed by atoms with van der Waals surface area (Å²) in [5.74, 6) is -1.41. The molecule has 0 aromatic carbocycles. The fourth-order valence-corrected chi connectivity index (χ4v) is 6.36. The van der Waals surface area contributed by atoms with E-state index in [2.05, 4.69) is 40.1 Å². The number of likely N-dealkylation sites (N-methyl/N-ethyl adjacent to an activating group) is 1. The molecule has 4 N–H and O–H groups in total. The summed E-state index contributed by atoms with van der Waals surface area (Å²) < 4.78 is 2.67. The number of nitrogens with one attached hydrogen (secondary N) is 4. The van der Waals surface area contributed by atoms with Crippen LogP contribution in [-0.2, 0) is 32.8 Å². The number of amides is 4. The number of rotatable bonds is 13. The van der Waals surface area contributed by atoms with Crippen LogP contribution in [0.25, 0.3) is 0 Å². The highest BCUT2D eigenvalue weighted by molar-refractivity contribution is 6.36. The van der Waals surface area contributed by atoms with Crippen molar-refractivity contribution < 1.29 is 24.0 Å². The van der Waals surface area contributed by atoms with Crippen molar-refractivity contribution in [3.8, 4) is 0 Å². The fourth-order valence-electron chi connectivity index (χ4n) is 6.36. The van der Waals surface area contributed by atoms with E-state index < -0.39 is 35.1 Å². The van der Waals surface area contributed by atoms with E-state index in [0.717, 1.165) is 12.3 Å². The van der Waals surface area contributed by atoms with Gasteiger partial charge in [0.15, 0.2) is 0 Å². The summed E-state index contributed by atoms with van der Waals surface area (Å²) in [5, 5.41) is 10.5. The van der Waals surface area contributed by atoms with Gasteiger partial charge in [-0.15, -0.1) is 0 Å². The molecule has 0 aliphatic heterocycles. The van der Waals surface area contributed by atoms with E-state index in [-0.39, 0.29) is 43.2 Å². The van der Waals surface area contributed by atoms with Gasteiger partial charge in [0.05, 0.1) is 12.5 Å².